The summed E-state index contributed by atoms with van der Waals surface area (Å²) in [7, 11) is 0. The summed E-state index contributed by atoms with van der Waals surface area (Å²) >= 11 is 11.5. The molecule has 2 aromatic heterocycles. The smallest absolute Gasteiger partial charge is 0.184 e. The molecule has 0 aliphatic carbocycles. The van der Waals surface area contributed by atoms with E-state index in [4.69, 9.17) is 23.8 Å². The van der Waals surface area contributed by atoms with Crippen molar-refractivity contribution in [3.05, 3.63) is 52.4 Å². The second-order valence-corrected chi connectivity index (χ2v) is 4.39. The van der Waals surface area contributed by atoms with Crippen LogP contribution >= 0.6 is 23.8 Å². The molecular weight excluding hydrogens is 254 g/mol. The predicted molar refractivity (Wildman–Crippen MR) is 71.3 cm³/mol. The number of imidazole rings is 1. The molecule has 0 atom stereocenters. The Kier molecular flexibility index (Phi) is 2.46. The summed E-state index contributed by atoms with van der Waals surface area (Å²) in [6.07, 6.45) is 1.73. The van der Waals surface area contributed by atoms with Crippen LogP contribution in [0.15, 0.2) is 42.6 Å². The number of hydrogen-bond donors (Lipinski definition) is 1. The van der Waals surface area contributed by atoms with Gasteiger partial charge in [-0.3, -0.25) is 4.57 Å². The number of aromatic amines is 1. The lowest BCUT2D eigenvalue weighted by molar-refractivity contribution is 1.04. The molecule has 0 bridgehead atoms. The third-order valence-corrected chi connectivity index (χ3v) is 3.14. The molecule has 0 unspecified atom stereocenters. The molecule has 0 spiro atoms. The molecule has 0 radical (unpaired) electrons. The van der Waals surface area contributed by atoms with E-state index in [9.17, 15) is 0 Å². The van der Waals surface area contributed by atoms with Crippen LogP contribution in [-0.2, 0) is 0 Å². The van der Waals surface area contributed by atoms with Gasteiger partial charge in [0, 0.05) is 6.20 Å². The lowest BCUT2D eigenvalue weighted by atomic mass is 10.3. The second-order valence-electron chi connectivity index (χ2n) is 3.59. The summed E-state index contributed by atoms with van der Waals surface area (Å²) in [5, 5.41) is 0.648. The standard InChI is InChI=1S/C12H8ClN3S/c13-8-4-1-2-6-10(8)16-11-9(15-12(16)17)5-3-7-14-11/h1-7H,(H,15,17). The highest BCUT2D eigenvalue weighted by atomic mass is 35.5. The Morgan fingerprint density at radius 2 is 2.00 bits per heavy atom. The molecule has 3 nitrogen and oxygen atoms in total. The van der Waals surface area contributed by atoms with Crippen LogP contribution < -0.4 is 0 Å². The van der Waals surface area contributed by atoms with Crippen LogP contribution in [0.5, 0.6) is 0 Å². The van der Waals surface area contributed by atoms with Crippen LogP contribution in [0.25, 0.3) is 16.9 Å². The fraction of sp³-hybridized carbons (Fsp3) is 0. The van der Waals surface area contributed by atoms with Crippen molar-refractivity contribution in [2.45, 2.75) is 0 Å². The summed E-state index contributed by atoms with van der Waals surface area (Å²) in [5.74, 6) is 0. The molecule has 0 amide bonds. The third-order valence-electron chi connectivity index (χ3n) is 2.54. The molecule has 0 aliphatic heterocycles. The highest BCUT2D eigenvalue weighted by molar-refractivity contribution is 7.71. The molecule has 84 valence electrons. The average Bonchev–Trinajstić information content (AvgIpc) is 2.66. The van der Waals surface area contributed by atoms with E-state index in [0.29, 0.717) is 9.79 Å². The molecule has 2 heterocycles. The van der Waals surface area contributed by atoms with Crippen LogP contribution in [0.3, 0.4) is 0 Å². The molecule has 3 aromatic rings. The normalized spacial score (nSPS) is 10.9. The maximum atomic E-state index is 6.18. The molecule has 1 N–H and O–H groups in total. The first-order chi connectivity index (χ1) is 8.27. The lowest BCUT2D eigenvalue weighted by Crippen LogP contribution is -1.95. The maximum absolute atomic E-state index is 6.18. The van der Waals surface area contributed by atoms with Crippen LogP contribution in [0.4, 0.5) is 0 Å². The SMILES string of the molecule is S=c1[nH]c2cccnc2n1-c1ccccc1Cl. The van der Waals surface area contributed by atoms with Crippen LogP contribution in [0.2, 0.25) is 5.02 Å². The number of hydrogen-bond acceptors (Lipinski definition) is 2. The Balaban J connectivity index is 2.42. The highest BCUT2D eigenvalue weighted by Crippen LogP contribution is 2.23. The van der Waals surface area contributed by atoms with E-state index < -0.39 is 0 Å². The van der Waals surface area contributed by atoms with Gasteiger partial charge in [-0.1, -0.05) is 23.7 Å². The zero-order valence-corrected chi connectivity index (χ0v) is 10.3. The topological polar surface area (TPSA) is 33.6 Å². The Morgan fingerprint density at radius 1 is 1.18 bits per heavy atom. The zero-order chi connectivity index (χ0) is 11.8. The fourth-order valence-corrected chi connectivity index (χ4v) is 2.31. The summed E-state index contributed by atoms with van der Waals surface area (Å²) in [4.78, 5) is 7.44. The van der Waals surface area contributed by atoms with Crippen molar-refractivity contribution < 1.29 is 0 Å². The van der Waals surface area contributed by atoms with Crippen molar-refractivity contribution >= 4 is 35.0 Å². The van der Waals surface area contributed by atoms with Gasteiger partial charge in [0.2, 0.25) is 0 Å². The highest BCUT2D eigenvalue weighted by Gasteiger charge is 2.09. The van der Waals surface area contributed by atoms with E-state index in [2.05, 4.69) is 9.97 Å². The van der Waals surface area contributed by atoms with Crippen LogP contribution in [-0.4, -0.2) is 14.5 Å². The number of nitrogens with zero attached hydrogens (tertiary/aromatic N) is 2. The summed E-state index contributed by atoms with van der Waals surface area (Å²) in [5.41, 5.74) is 2.52. The van der Waals surface area contributed by atoms with Crippen LogP contribution in [0, 0.1) is 4.77 Å². The summed E-state index contributed by atoms with van der Waals surface area (Å²) in [6.45, 7) is 0. The number of rotatable bonds is 1. The van der Waals surface area contributed by atoms with E-state index >= 15 is 0 Å². The van der Waals surface area contributed by atoms with Gasteiger partial charge in [-0.05, 0) is 36.5 Å². The quantitative estimate of drug-likeness (QED) is 0.677. The van der Waals surface area contributed by atoms with Gasteiger partial charge in [-0.2, -0.15) is 0 Å². The van der Waals surface area contributed by atoms with Gasteiger partial charge in [0.05, 0.1) is 16.2 Å². The minimum Gasteiger partial charge on any atom is -0.329 e. The number of pyridine rings is 1. The molecule has 17 heavy (non-hydrogen) atoms. The third kappa shape index (κ3) is 1.66. The molecular formula is C12H8ClN3S. The minimum absolute atomic E-state index is 0.590. The molecule has 0 saturated carbocycles. The van der Waals surface area contributed by atoms with Crippen molar-refractivity contribution in [3.8, 4) is 5.69 Å². The van der Waals surface area contributed by atoms with Crippen molar-refractivity contribution in [1.82, 2.24) is 14.5 Å². The first-order valence-electron chi connectivity index (χ1n) is 5.08. The van der Waals surface area contributed by atoms with Crippen LogP contribution in [0.1, 0.15) is 0 Å². The van der Waals surface area contributed by atoms with Crippen molar-refractivity contribution in [2.75, 3.05) is 0 Å². The number of halogens is 1. The van der Waals surface area contributed by atoms with E-state index in [-0.39, 0.29) is 0 Å². The first-order valence-corrected chi connectivity index (χ1v) is 5.86. The average molecular weight is 262 g/mol. The van der Waals surface area contributed by atoms with E-state index in [1.807, 2.05) is 41.0 Å². The lowest BCUT2D eigenvalue weighted by Gasteiger charge is -2.05. The van der Waals surface area contributed by atoms with E-state index in [1.165, 1.54) is 0 Å². The van der Waals surface area contributed by atoms with Crippen molar-refractivity contribution in [3.63, 3.8) is 0 Å². The van der Waals surface area contributed by atoms with Gasteiger partial charge in [-0.15, -0.1) is 0 Å². The molecule has 3 rings (SSSR count). The molecule has 5 heteroatoms. The largest absolute Gasteiger partial charge is 0.329 e. The van der Waals surface area contributed by atoms with Gasteiger partial charge in [-0.25, -0.2) is 4.98 Å². The van der Waals surface area contributed by atoms with Gasteiger partial charge in [0.15, 0.2) is 10.4 Å². The van der Waals surface area contributed by atoms with Gasteiger partial charge < -0.3 is 4.98 Å². The number of benzene rings is 1. The molecule has 1 aromatic carbocycles. The maximum Gasteiger partial charge on any atom is 0.184 e. The fourth-order valence-electron chi connectivity index (χ4n) is 1.80. The molecule has 0 saturated heterocycles. The minimum atomic E-state index is 0.590. The van der Waals surface area contributed by atoms with Crippen molar-refractivity contribution in [1.29, 1.82) is 0 Å². The number of nitrogens with one attached hydrogen (secondary N) is 1. The Bertz CT molecular complexity index is 745. The van der Waals surface area contributed by atoms with E-state index in [1.54, 1.807) is 6.20 Å². The molecule has 0 fully saturated rings. The second kappa shape index (κ2) is 3.98. The summed E-state index contributed by atoms with van der Waals surface area (Å²) in [6, 6.07) is 11.4. The molecule has 0 aliphatic rings. The number of para-hydroxylation sites is 1. The van der Waals surface area contributed by atoms with Gasteiger partial charge in [0.25, 0.3) is 0 Å². The van der Waals surface area contributed by atoms with E-state index in [0.717, 1.165) is 16.9 Å². The number of fused-ring (bicyclic) bond motifs is 1. The monoisotopic (exact) mass is 261 g/mol. The Morgan fingerprint density at radius 3 is 2.82 bits per heavy atom. The van der Waals surface area contributed by atoms with Crippen molar-refractivity contribution in [2.24, 2.45) is 0 Å². The predicted octanol–water partition coefficient (Wildman–Crippen LogP) is 3.74. The zero-order valence-electron chi connectivity index (χ0n) is 8.72. The van der Waals surface area contributed by atoms with Gasteiger partial charge in [0.1, 0.15) is 0 Å². The Labute approximate surface area is 108 Å². The Hall–Kier alpha value is -1.65. The summed E-state index contributed by atoms with van der Waals surface area (Å²) < 4.78 is 2.43. The van der Waals surface area contributed by atoms with Gasteiger partial charge >= 0.3 is 0 Å². The first kappa shape index (κ1) is 10.5. The number of H-pyrrole nitrogens is 1. The number of aromatic nitrogens is 3.